The van der Waals surface area contributed by atoms with Crippen molar-refractivity contribution in [1.82, 2.24) is 9.21 Å². The van der Waals surface area contributed by atoms with Gasteiger partial charge < -0.3 is 9.32 Å². The van der Waals surface area contributed by atoms with E-state index in [1.54, 1.807) is 28.6 Å². The van der Waals surface area contributed by atoms with Crippen molar-refractivity contribution in [3.05, 3.63) is 78.1 Å². The Bertz CT molecular complexity index is 1320. The van der Waals surface area contributed by atoms with Crippen LogP contribution in [0, 0.1) is 5.82 Å². The third-order valence-corrected chi connectivity index (χ3v) is 7.88. The van der Waals surface area contributed by atoms with E-state index in [0.717, 1.165) is 23.9 Å². The van der Waals surface area contributed by atoms with E-state index in [1.807, 2.05) is 30.3 Å². The second kappa shape index (κ2) is 8.07. The molecule has 1 aromatic heterocycles. The zero-order valence-electron chi connectivity index (χ0n) is 17.0. The summed E-state index contributed by atoms with van der Waals surface area (Å²) in [6, 6.07) is 19.3. The highest BCUT2D eigenvalue weighted by atomic mass is 32.2. The molecule has 0 saturated carbocycles. The number of hydrogen-bond acceptors (Lipinski definition) is 4. The smallest absolute Gasteiger partial charge is 0.243 e. The molecule has 1 saturated heterocycles. The fraction of sp³-hybridized carbons (Fsp3) is 0.250. The lowest BCUT2D eigenvalue weighted by Gasteiger charge is -2.34. The minimum atomic E-state index is -3.64. The van der Waals surface area contributed by atoms with Gasteiger partial charge >= 0.3 is 0 Å². The van der Waals surface area contributed by atoms with Crippen molar-refractivity contribution in [3.63, 3.8) is 0 Å². The molecule has 0 radical (unpaired) electrons. The molecule has 3 aromatic carbocycles. The number of furan rings is 1. The van der Waals surface area contributed by atoms with Gasteiger partial charge in [0.1, 0.15) is 17.0 Å². The van der Waals surface area contributed by atoms with Gasteiger partial charge in [0.25, 0.3) is 0 Å². The van der Waals surface area contributed by atoms with Crippen molar-refractivity contribution in [2.24, 2.45) is 0 Å². The van der Waals surface area contributed by atoms with Crippen LogP contribution in [-0.4, -0.2) is 50.3 Å². The van der Waals surface area contributed by atoms with E-state index in [1.165, 1.54) is 12.1 Å². The minimum Gasteiger partial charge on any atom is -0.456 e. The fourth-order valence-electron chi connectivity index (χ4n) is 4.23. The zero-order chi connectivity index (χ0) is 21.4. The second-order valence-corrected chi connectivity index (χ2v) is 9.76. The molecule has 0 spiro atoms. The molecular formula is C24H23FN2O3S. The molecule has 2 heterocycles. The summed E-state index contributed by atoms with van der Waals surface area (Å²) >= 11 is 0. The van der Waals surface area contributed by atoms with Crippen LogP contribution in [0.3, 0.4) is 0 Å². The summed E-state index contributed by atoms with van der Waals surface area (Å²) in [7, 11) is -3.64. The van der Waals surface area contributed by atoms with Crippen LogP contribution >= 0.6 is 0 Å². The molecule has 7 heteroatoms. The van der Waals surface area contributed by atoms with E-state index < -0.39 is 10.0 Å². The first kappa shape index (κ1) is 20.2. The molecule has 5 rings (SSSR count). The number of fused-ring (bicyclic) bond motifs is 3. The van der Waals surface area contributed by atoms with Crippen molar-refractivity contribution in [2.45, 2.75) is 11.3 Å². The third kappa shape index (κ3) is 3.84. The number of sulfonamides is 1. The lowest BCUT2D eigenvalue weighted by atomic mass is 10.1. The van der Waals surface area contributed by atoms with Crippen LogP contribution in [0.5, 0.6) is 0 Å². The van der Waals surface area contributed by atoms with E-state index in [0.29, 0.717) is 47.6 Å². The Kier molecular flexibility index (Phi) is 5.25. The number of benzene rings is 3. The predicted molar refractivity (Wildman–Crippen MR) is 119 cm³/mol. The van der Waals surface area contributed by atoms with E-state index in [9.17, 15) is 12.8 Å². The molecule has 0 unspecified atom stereocenters. The number of para-hydroxylation sites is 1. The molecule has 0 bridgehead atoms. The van der Waals surface area contributed by atoms with Crippen LogP contribution < -0.4 is 0 Å². The van der Waals surface area contributed by atoms with Crippen molar-refractivity contribution < 1.29 is 17.2 Å². The Morgan fingerprint density at radius 2 is 1.55 bits per heavy atom. The molecule has 1 aliphatic rings. The summed E-state index contributed by atoms with van der Waals surface area (Å²) in [6.45, 7) is 3.04. The average Bonchev–Trinajstić information content (AvgIpc) is 3.18. The molecule has 31 heavy (non-hydrogen) atoms. The van der Waals surface area contributed by atoms with Crippen LogP contribution in [0.25, 0.3) is 21.9 Å². The van der Waals surface area contributed by atoms with Gasteiger partial charge in [-0.15, -0.1) is 0 Å². The lowest BCUT2D eigenvalue weighted by Crippen LogP contribution is -2.49. The van der Waals surface area contributed by atoms with Crippen molar-refractivity contribution >= 4 is 32.0 Å². The van der Waals surface area contributed by atoms with E-state index >= 15 is 0 Å². The summed E-state index contributed by atoms with van der Waals surface area (Å²) in [5.41, 5.74) is 2.35. The summed E-state index contributed by atoms with van der Waals surface area (Å²) in [5.74, 6) is -0.233. The lowest BCUT2D eigenvalue weighted by molar-refractivity contribution is 0.190. The predicted octanol–water partition coefficient (Wildman–Crippen LogP) is 4.27. The van der Waals surface area contributed by atoms with Gasteiger partial charge in [0.15, 0.2) is 0 Å². The molecule has 1 aliphatic heterocycles. The molecule has 1 fully saturated rings. The van der Waals surface area contributed by atoms with Gasteiger partial charge in [0.2, 0.25) is 10.0 Å². The van der Waals surface area contributed by atoms with Gasteiger partial charge in [-0.3, -0.25) is 0 Å². The molecule has 0 atom stereocenters. The topological polar surface area (TPSA) is 53.8 Å². The maximum atomic E-state index is 13.5. The highest BCUT2D eigenvalue weighted by molar-refractivity contribution is 7.89. The molecule has 5 nitrogen and oxygen atoms in total. The molecule has 0 aliphatic carbocycles. The number of rotatable bonds is 5. The van der Waals surface area contributed by atoms with Crippen LogP contribution in [0.4, 0.5) is 4.39 Å². The third-order valence-electron chi connectivity index (χ3n) is 5.94. The van der Waals surface area contributed by atoms with Crippen molar-refractivity contribution in [2.75, 3.05) is 32.7 Å². The van der Waals surface area contributed by atoms with Gasteiger partial charge in [-0.2, -0.15) is 4.31 Å². The summed E-state index contributed by atoms with van der Waals surface area (Å²) in [5, 5.41) is 1.46. The van der Waals surface area contributed by atoms with Crippen LogP contribution in [0.1, 0.15) is 5.56 Å². The summed E-state index contributed by atoms with van der Waals surface area (Å²) in [4.78, 5) is 2.55. The number of piperazine rings is 1. The summed E-state index contributed by atoms with van der Waals surface area (Å²) < 4.78 is 47.5. The highest BCUT2D eigenvalue weighted by Gasteiger charge is 2.30. The number of nitrogens with zero attached hydrogens (tertiary/aromatic N) is 2. The standard InChI is InChI=1S/C24H23FN2O3S/c25-19-10-8-18(9-11-19)12-13-26-14-16-27(17-15-26)31(28,29)23-7-3-6-22-24(23)20-4-1-2-5-21(20)30-22/h1-11H,12-17H2. The van der Waals surface area contributed by atoms with Gasteiger partial charge in [-0.25, -0.2) is 12.8 Å². The first-order valence-corrected chi connectivity index (χ1v) is 11.8. The highest BCUT2D eigenvalue weighted by Crippen LogP contribution is 2.34. The van der Waals surface area contributed by atoms with Gasteiger partial charge in [0, 0.05) is 43.5 Å². The molecule has 160 valence electrons. The van der Waals surface area contributed by atoms with E-state index in [-0.39, 0.29) is 5.82 Å². The monoisotopic (exact) mass is 438 g/mol. The molecule has 0 N–H and O–H groups in total. The summed E-state index contributed by atoms with van der Waals surface area (Å²) in [6.07, 6.45) is 0.813. The van der Waals surface area contributed by atoms with Crippen LogP contribution in [-0.2, 0) is 16.4 Å². The Morgan fingerprint density at radius 3 is 2.32 bits per heavy atom. The minimum absolute atomic E-state index is 0.233. The Labute approximate surface area is 180 Å². The Balaban J connectivity index is 1.33. The Hall–Kier alpha value is -2.74. The SMILES string of the molecule is O=S(=O)(c1cccc2oc3ccccc3c12)N1CCN(CCc2ccc(F)cc2)CC1. The maximum absolute atomic E-state index is 13.5. The fourth-order valence-corrected chi connectivity index (χ4v) is 5.87. The van der Waals surface area contributed by atoms with Gasteiger partial charge in [0.05, 0.1) is 4.90 Å². The van der Waals surface area contributed by atoms with Crippen molar-refractivity contribution in [1.29, 1.82) is 0 Å². The van der Waals surface area contributed by atoms with E-state index in [2.05, 4.69) is 4.90 Å². The first-order chi connectivity index (χ1) is 15.0. The Morgan fingerprint density at radius 1 is 0.839 bits per heavy atom. The van der Waals surface area contributed by atoms with Crippen molar-refractivity contribution in [3.8, 4) is 0 Å². The maximum Gasteiger partial charge on any atom is 0.243 e. The van der Waals surface area contributed by atoms with Gasteiger partial charge in [-0.1, -0.05) is 36.4 Å². The van der Waals surface area contributed by atoms with E-state index in [4.69, 9.17) is 4.42 Å². The number of hydrogen-bond donors (Lipinski definition) is 0. The second-order valence-electron chi connectivity index (χ2n) is 7.85. The zero-order valence-corrected chi connectivity index (χ0v) is 17.8. The molecule has 0 amide bonds. The molecule has 4 aromatic rings. The largest absolute Gasteiger partial charge is 0.456 e. The molecular weight excluding hydrogens is 415 g/mol. The first-order valence-electron chi connectivity index (χ1n) is 10.4. The van der Waals surface area contributed by atoms with Crippen LogP contribution in [0.15, 0.2) is 76.0 Å². The average molecular weight is 439 g/mol. The normalized spacial score (nSPS) is 16.3. The number of halogens is 1. The quantitative estimate of drug-likeness (QED) is 0.467. The van der Waals surface area contributed by atoms with Crippen LogP contribution in [0.2, 0.25) is 0 Å². The van der Waals surface area contributed by atoms with Gasteiger partial charge in [-0.05, 0) is 42.3 Å².